The molecule has 2 atom stereocenters. The van der Waals surface area contributed by atoms with Crippen molar-refractivity contribution in [2.75, 3.05) is 20.5 Å². The Labute approximate surface area is 155 Å². The summed E-state index contributed by atoms with van der Waals surface area (Å²) in [6.07, 6.45) is 0.662. The molecule has 0 radical (unpaired) electrons. The largest absolute Gasteiger partial charge is 0.467 e. The second-order valence-corrected chi connectivity index (χ2v) is 6.13. The first-order chi connectivity index (χ1) is 12.4. The maximum Gasteiger partial charge on any atom is 0.338 e. The molecular weight excluding hydrogens is 366 g/mol. The Morgan fingerprint density at radius 3 is 2.69 bits per heavy atom. The lowest BCUT2D eigenvalue weighted by Crippen LogP contribution is -2.47. The molecule has 2 rings (SSSR count). The van der Waals surface area contributed by atoms with Crippen LogP contribution in [0.5, 0.6) is 11.5 Å². The van der Waals surface area contributed by atoms with Crippen LogP contribution in [0, 0.1) is 5.92 Å². The third-order valence-electron chi connectivity index (χ3n) is 3.98. The normalized spacial score (nSPS) is 14.3. The van der Waals surface area contributed by atoms with Crippen LogP contribution in [-0.4, -0.2) is 44.4 Å². The Balaban J connectivity index is 1.95. The first-order valence-corrected chi connectivity index (χ1v) is 8.38. The molecule has 0 aromatic heterocycles. The smallest absolute Gasteiger partial charge is 0.338 e. The highest BCUT2D eigenvalue weighted by Crippen LogP contribution is 2.39. The molecule has 1 heterocycles. The number of esters is 2. The van der Waals surface area contributed by atoms with Crippen LogP contribution in [-0.2, 0) is 19.1 Å². The zero-order valence-electron chi connectivity index (χ0n) is 14.7. The number of fused-ring (bicyclic) bond motifs is 1. The van der Waals surface area contributed by atoms with E-state index < -0.39 is 30.5 Å². The summed E-state index contributed by atoms with van der Waals surface area (Å²) in [5.41, 5.74) is 0.124. The third-order valence-corrected chi connectivity index (χ3v) is 4.26. The van der Waals surface area contributed by atoms with Crippen LogP contribution in [0.25, 0.3) is 0 Å². The monoisotopic (exact) mass is 385 g/mol. The van der Waals surface area contributed by atoms with E-state index in [1.165, 1.54) is 19.2 Å². The van der Waals surface area contributed by atoms with E-state index in [0.717, 1.165) is 0 Å². The first kappa shape index (κ1) is 19.8. The van der Waals surface area contributed by atoms with Crippen molar-refractivity contribution in [3.05, 3.63) is 22.7 Å². The summed E-state index contributed by atoms with van der Waals surface area (Å²) in [5, 5.41) is 2.72. The van der Waals surface area contributed by atoms with Crippen molar-refractivity contribution in [3.8, 4) is 11.5 Å². The molecule has 0 spiro atoms. The molecule has 8 nitrogen and oxygen atoms in total. The van der Waals surface area contributed by atoms with Crippen LogP contribution in [0.3, 0.4) is 0 Å². The van der Waals surface area contributed by atoms with Gasteiger partial charge >= 0.3 is 11.9 Å². The van der Waals surface area contributed by atoms with Gasteiger partial charge in [0.2, 0.25) is 6.79 Å². The standard InChI is InChI=1S/C17H20ClNO7/c1-4-9(2)14(17(22)23-3)19-13(20)7-24-16(21)10-5-11(18)15-12(6-10)25-8-26-15/h5-6,9,14H,4,7-8H2,1-3H3,(H,19,20)/t9-,14+/m0/s1. The van der Waals surface area contributed by atoms with Gasteiger partial charge in [-0.25, -0.2) is 9.59 Å². The lowest BCUT2D eigenvalue weighted by atomic mass is 9.99. The minimum Gasteiger partial charge on any atom is -0.467 e. The van der Waals surface area contributed by atoms with Gasteiger partial charge in [-0.1, -0.05) is 31.9 Å². The summed E-state index contributed by atoms with van der Waals surface area (Å²) in [7, 11) is 1.24. The third kappa shape index (κ3) is 4.57. The van der Waals surface area contributed by atoms with Crippen LogP contribution in [0.1, 0.15) is 30.6 Å². The van der Waals surface area contributed by atoms with Crippen LogP contribution in [0.15, 0.2) is 12.1 Å². The fourth-order valence-electron chi connectivity index (χ4n) is 2.31. The first-order valence-electron chi connectivity index (χ1n) is 8.00. The molecule has 1 amide bonds. The van der Waals surface area contributed by atoms with Gasteiger partial charge in [-0.15, -0.1) is 0 Å². The van der Waals surface area contributed by atoms with E-state index in [1.54, 1.807) is 0 Å². The topological polar surface area (TPSA) is 100 Å². The molecule has 1 N–H and O–H groups in total. The highest BCUT2D eigenvalue weighted by atomic mass is 35.5. The van der Waals surface area contributed by atoms with Crippen molar-refractivity contribution < 1.29 is 33.3 Å². The average Bonchev–Trinajstić information content (AvgIpc) is 3.12. The van der Waals surface area contributed by atoms with Gasteiger partial charge in [0.1, 0.15) is 6.04 Å². The van der Waals surface area contributed by atoms with Crippen LogP contribution in [0.4, 0.5) is 0 Å². The molecule has 0 aliphatic carbocycles. The summed E-state index contributed by atoms with van der Waals surface area (Å²) in [6.45, 7) is 3.16. The number of nitrogens with one attached hydrogen (secondary N) is 1. The van der Waals surface area contributed by atoms with Crippen LogP contribution in [0.2, 0.25) is 5.02 Å². The number of rotatable bonds is 7. The van der Waals surface area contributed by atoms with E-state index in [-0.39, 0.29) is 23.3 Å². The van der Waals surface area contributed by atoms with Crippen molar-refractivity contribution in [3.63, 3.8) is 0 Å². The Morgan fingerprint density at radius 1 is 1.31 bits per heavy atom. The van der Waals surface area contributed by atoms with Gasteiger partial charge in [-0.05, 0) is 18.1 Å². The van der Waals surface area contributed by atoms with Gasteiger partial charge in [-0.2, -0.15) is 0 Å². The van der Waals surface area contributed by atoms with Crippen LogP contribution >= 0.6 is 11.6 Å². The summed E-state index contributed by atoms with van der Waals surface area (Å²) in [4.78, 5) is 35.9. The number of ether oxygens (including phenoxy) is 4. The minimum absolute atomic E-state index is 0.0144. The highest BCUT2D eigenvalue weighted by Gasteiger charge is 2.27. The second kappa shape index (κ2) is 8.75. The van der Waals surface area contributed by atoms with Crippen molar-refractivity contribution in [1.29, 1.82) is 0 Å². The number of halogens is 1. The molecule has 26 heavy (non-hydrogen) atoms. The Hall–Kier alpha value is -2.48. The van der Waals surface area contributed by atoms with E-state index in [9.17, 15) is 14.4 Å². The van der Waals surface area contributed by atoms with Gasteiger partial charge < -0.3 is 24.3 Å². The van der Waals surface area contributed by atoms with E-state index in [2.05, 4.69) is 10.1 Å². The quantitative estimate of drug-likeness (QED) is 0.715. The molecular formula is C17H20ClNO7. The van der Waals surface area contributed by atoms with Crippen molar-refractivity contribution in [2.24, 2.45) is 5.92 Å². The van der Waals surface area contributed by atoms with Gasteiger partial charge in [-0.3, -0.25) is 4.79 Å². The second-order valence-electron chi connectivity index (χ2n) is 5.72. The number of carbonyl (C=O) groups excluding carboxylic acids is 3. The van der Waals surface area contributed by atoms with Gasteiger partial charge in [0.05, 0.1) is 17.7 Å². The van der Waals surface area contributed by atoms with E-state index in [4.69, 9.17) is 25.8 Å². The lowest BCUT2D eigenvalue weighted by molar-refractivity contribution is -0.147. The molecule has 0 fully saturated rings. The zero-order chi connectivity index (χ0) is 19.3. The maximum atomic E-state index is 12.1. The van der Waals surface area contributed by atoms with Gasteiger partial charge in [0, 0.05) is 0 Å². The van der Waals surface area contributed by atoms with E-state index in [0.29, 0.717) is 17.9 Å². The van der Waals surface area contributed by atoms with Crippen LogP contribution < -0.4 is 14.8 Å². The number of amides is 1. The SMILES string of the molecule is CC[C@H](C)[C@@H](NC(=O)COC(=O)c1cc(Cl)c2c(c1)OCO2)C(=O)OC. The average molecular weight is 386 g/mol. The molecule has 0 unspecified atom stereocenters. The predicted molar refractivity (Wildman–Crippen MR) is 91.3 cm³/mol. The molecule has 0 bridgehead atoms. The van der Waals surface area contributed by atoms with Gasteiger partial charge in [0.15, 0.2) is 18.1 Å². The number of hydrogen-bond acceptors (Lipinski definition) is 7. The number of hydrogen-bond donors (Lipinski definition) is 1. The summed E-state index contributed by atoms with van der Waals surface area (Å²) >= 11 is 6.01. The fourth-order valence-corrected chi connectivity index (χ4v) is 2.58. The molecule has 1 aliphatic rings. The summed E-state index contributed by atoms with van der Waals surface area (Å²) in [5.74, 6) is -1.36. The van der Waals surface area contributed by atoms with E-state index >= 15 is 0 Å². The summed E-state index contributed by atoms with van der Waals surface area (Å²) < 4.78 is 20.0. The number of carbonyl (C=O) groups is 3. The lowest BCUT2D eigenvalue weighted by Gasteiger charge is -2.21. The predicted octanol–water partition coefficient (Wildman–Crippen LogP) is 1.93. The number of benzene rings is 1. The molecule has 0 saturated carbocycles. The molecule has 1 aromatic rings. The Bertz CT molecular complexity index is 707. The number of methoxy groups -OCH3 is 1. The molecule has 1 aromatic carbocycles. The molecule has 1 aliphatic heterocycles. The summed E-state index contributed by atoms with van der Waals surface area (Å²) in [6, 6.07) is 1.98. The highest BCUT2D eigenvalue weighted by molar-refractivity contribution is 6.32. The van der Waals surface area contributed by atoms with E-state index in [1.807, 2.05) is 13.8 Å². The minimum atomic E-state index is -0.809. The fraction of sp³-hybridized carbons (Fsp3) is 0.471. The van der Waals surface area contributed by atoms with Crippen molar-refractivity contribution >= 4 is 29.4 Å². The molecule has 0 saturated heterocycles. The molecule has 9 heteroatoms. The van der Waals surface area contributed by atoms with Crippen molar-refractivity contribution in [1.82, 2.24) is 5.32 Å². The van der Waals surface area contributed by atoms with Gasteiger partial charge in [0.25, 0.3) is 5.91 Å². The zero-order valence-corrected chi connectivity index (χ0v) is 15.4. The van der Waals surface area contributed by atoms with Crippen molar-refractivity contribution in [2.45, 2.75) is 26.3 Å². The Morgan fingerprint density at radius 2 is 2.04 bits per heavy atom. The maximum absolute atomic E-state index is 12.1. The Kier molecular flexibility index (Phi) is 6.68. The molecule has 142 valence electrons.